The van der Waals surface area contributed by atoms with Crippen molar-refractivity contribution in [2.24, 2.45) is 5.92 Å². The summed E-state index contributed by atoms with van der Waals surface area (Å²) in [6.07, 6.45) is 11.7. The Balaban J connectivity index is 1.34. The molecule has 5 nitrogen and oxygen atoms in total. The zero-order chi connectivity index (χ0) is 23.0. The fourth-order valence-corrected chi connectivity index (χ4v) is 4.58. The van der Waals surface area contributed by atoms with Gasteiger partial charge in [0.25, 0.3) is 0 Å². The molecule has 0 atom stereocenters. The first-order valence-electron chi connectivity index (χ1n) is 12.0. The molecule has 1 fully saturated rings. The number of hydrogen-bond acceptors (Lipinski definition) is 5. The maximum atomic E-state index is 12.4. The molecule has 2 aromatic carbocycles. The van der Waals surface area contributed by atoms with Gasteiger partial charge in [0.1, 0.15) is 11.5 Å². The van der Waals surface area contributed by atoms with Crippen LogP contribution < -0.4 is 9.47 Å². The largest absolute Gasteiger partial charge is 0.494 e. The van der Waals surface area contributed by atoms with Gasteiger partial charge in [-0.1, -0.05) is 19.8 Å². The topological polar surface area (TPSA) is 61.3 Å². The van der Waals surface area contributed by atoms with Crippen molar-refractivity contribution in [3.8, 4) is 22.9 Å². The Morgan fingerprint density at radius 2 is 1.52 bits per heavy atom. The number of aromatic nitrogens is 2. The summed E-state index contributed by atoms with van der Waals surface area (Å²) in [6.45, 7) is 4.78. The highest BCUT2D eigenvalue weighted by molar-refractivity contribution is 5.91. The number of esters is 1. The molecule has 1 saturated carbocycles. The van der Waals surface area contributed by atoms with Gasteiger partial charge in [-0.2, -0.15) is 0 Å². The van der Waals surface area contributed by atoms with Crippen LogP contribution in [0, 0.1) is 5.92 Å². The maximum Gasteiger partial charge on any atom is 0.343 e. The van der Waals surface area contributed by atoms with Crippen molar-refractivity contribution >= 4 is 5.97 Å². The van der Waals surface area contributed by atoms with E-state index in [0.717, 1.165) is 17.2 Å². The van der Waals surface area contributed by atoms with Crippen LogP contribution in [0.15, 0.2) is 60.9 Å². The number of carbonyl (C=O) groups is 1. The third-order valence-electron chi connectivity index (χ3n) is 6.41. The fraction of sp³-hybridized carbons (Fsp3) is 0.393. The fourth-order valence-electron chi connectivity index (χ4n) is 4.58. The Hall–Kier alpha value is -3.21. The van der Waals surface area contributed by atoms with E-state index in [1.807, 2.05) is 31.5 Å². The molecule has 1 aromatic heterocycles. The summed E-state index contributed by atoms with van der Waals surface area (Å²) in [4.78, 5) is 21.6. The van der Waals surface area contributed by atoms with Crippen molar-refractivity contribution in [2.45, 2.75) is 58.3 Å². The second-order valence-electron chi connectivity index (χ2n) is 8.72. The van der Waals surface area contributed by atoms with E-state index in [9.17, 15) is 4.79 Å². The molecular formula is C28H32N2O3. The van der Waals surface area contributed by atoms with Gasteiger partial charge >= 0.3 is 5.97 Å². The van der Waals surface area contributed by atoms with Crippen LogP contribution in [0.5, 0.6) is 11.5 Å². The lowest BCUT2D eigenvalue weighted by Gasteiger charge is -2.28. The summed E-state index contributed by atoms with van der Waals surface area (Å²) in [5.41, 5.74) is 2.62. The van der Waals surface area contributed by atoms with Crippen molar-refractivity contribution in [1.29, 1.82) is 0 Å². The van der Waals surface area contributed by atoms with Crippen molar-refractivity contribution in [2.75, 3.05) is 6.61 Å². The lowest BCUT2D eigenvalue weighted by atomic mass is 9.78. The quantitative estimate of drug-likeness (QED) is 0.281. The average molecular weight is 445 g/mol. The van der Waals surface area contributed by atoms with Gasteiger partial charge in [-0.05, 0) is 98.5 Å². The summed E-state index contributed by atoms with van der Waals surface area (Å²) in [6, 6.07) is 14.2. The molecule has 4 rings (SSSR count). The van der Waals surface area contributed by atoms with Crippen LogP contribution in [-0.4, -0.2) is 22.5 Å². The Labute approximate surface area is 196 Å². The van der Waals surface area contributed by atoms with Crippen molar-refractivity contribution in [3.05, 3.63) is 72.1 Å². The number of ether oxygens (including phenoxy) is 2. The molecule has 0 spiro atoms. The SMILES string of the molecule is CCC[C@H]1CC[C@H](c2cnc(-c3ccc(OC(=O)c4ccc(OCC)cc4)cc3)nc2)CC1. The highest BCUT2D eigenvalue weighted by Crippen LogP contribution is 2.37. The van der Waals surface area contributed by atoms with E-state index in [1.165, 1.54) is 44.1 Å². The molecule has 0 bridgehead atoms. The molecule has 3 aromatic rings. The first-order chi connectivity index (χ1) is 16.2. The number of nitrogens with zero attached hydrogens (tertiary/aromatic N) is 2. The van der Waals surface area contributed by atoms with Crippen LogP contribution in [-0.2, 0) is 0 Å². The summed E-state index contributed by atoms with van der Waals surface area (Å²) < 4.78 is 10.9. The van der Waals surface area contributed by atoms with Crippen LogP contribution in [0.2, 0.25) is 0 Å². The molecule has 0 N–H and O–H groups in total. The van der Waals surface area contributed by atoms with Crippen LogP contribution in [0.25, 0.3) is 11.4 Å². The minimum Gasteiger partial charge on any atom is -0.494 e. The molecule has 33 heavy (non-hydrogen) atoms. The second kappa shape index (κ2) is 11.1. The first-order valence-corrected chi connectivity index (χ1v) is 12.0. The molecule has 0 unspecified atom stereocenters. The third kappa shape index (κ3) is 5.98. The molecule has 0 radical (unpaired) electrons. The maximum absolute atomic E-state index is 12.4. The molecule has 1 aliphatic rings. The Kier molecular flexibility index (Phi) is 7.71. The zero-order valence-corrected chi connectivity index (χ0v) is 19.5. The van der Waals surface area contributed by atoms with Gasteiger partial charge in [0.2, 0.25) is 0 Å². The Bertz CT molecular complexity index is 1020. The monoisotopic (exact) mass is 444 g/mol. The minimum atomic E-state index is -0.403. The minimum absolute atomic E-state index is 0.403. The predicted molar refractivity (Wildman–Crippen MR) is 130 cm³/mol. The van der Waals surface area contributed by atoms with Gasteiger partial charge in [-0.3, -0.25) is 0 Å². The lowest BCUT2D eigenvalue weighted by molar-refractivity contribution is 0.0734. The van der Waals surface area contributed by atoms with E-state index >= 15 is 0 Å². The van der Waals surface area contributed by atoms with E-state index in [1.54, 1.807) is 36.4 Å². The standard InChI is InChI=1S/C28H32N2O3/c1-3-5-20-6-8-21(9-7-20)24-18-29-27(30-19-24)22-10-16-26(17-11-22)33-28(31)23-12-14-25(15-13-23)32-4-2/h10-21H,3-9H2,1-2H3/t20-,21-. The number of benzene rings is 2. The summed E-state index contributed by atoms with van der Waals surface area (Å²) in [5.74, 6) is 2.97. The van der Waals surface area contributed by atoms with Crippen LogP contribution >= 0.6 is 0 Å². The normalized spacial score (nSPS) is 18.0. The van der Waals surface area contributed by atoms with Crippen LogP contribution in [0.1, 0.15) is 74.2 Å². The van der Waals surface area contributed by atoms with Crippen molar-refractivity contribution < 1.29 is 14.3 Å². The van der Waals surface area contributed by atoms with Gasteiger partial charge < -0.3 is 9.47 Å². The third-order valence-corrected chi connectivity index (χ3v) is 6.41. The summed E-state index contributed by atoms with van der Waals surface area (Å²) in [5, 5.41) is 0. The average Bonchev–Trinajstić information content (AvgIpc) is 2.86. The van der Waals surface area contributed by atoms with E-state index in [4.69, 9.17) is 9.47 Å². The van der Waals surface area contributed by atoms with E-state index in [0.29, 0.717) is 29.7 Å². The smallest absolute Gasteiger partial charge is 0.343 e. The molecule has 1 aliphatic carbocycles. The van der Waals surface area contributed by atoms with Crippen molar-refractivity contribution in [3.63, 3.8) is 0 Å². The summed E-state index contributed by atoms with van der Waals surface area (Å²) >= 11 is 0. The molecule has 0 saturated heterocycles. The number of carbonyl (C=O) groups excluding carboxylic acids is 1. The lowest BCUT2D eigenvalue weighted by Crippen LogP contribution is -2.13. The highest BCUT2D eigenvalue weighted by atomic mass is 16.5. The number of hydrogen-bond donors (Lipinski definition) is 0. The van der Waals surface area contributed by atoms with Gasteiger partial charge in [-0.15, -0.1) is 0 Å². The second-order valence-corrected chi connectivity index (χ2v) is 8.72. The zero-order valence-electron chi connectivity index (χ0n) is 19.5. The Morgan fingerprint density at radius 3 is 2.12 bits per heavy atom. The van der Waals surface area contributed by atoms with E-state index < -0.39 is 5.97 Å². The van der Waals surface area contributed by atoms with Gasteiger partial charge in [0.05, 0.1) is 12.2 Å². The Morgan fingerprint density at radius 1 is 0.879 bits per heavy atom. The van der Waals surface area contributed by atoms with Gasteiger partial charge in [0, 0.05) is 18.0 Å². The van der Waals surface area contributed by atoms with E-state index in [2.05, 4.69) is 16.9 Å². The van der Waals surface area contributed by atoms with Gasteiger partial charge in [-0.25, -0.2) is 14.8 Å². The first kappa shape index (κ1) is 23.0. The van der Waals surface area contributed by atoms with Crippen LogP contribution in [0.3, 0.4) is 0 Å². The molecule has 0 aliphatic heterocycles. The van der Waals surface area contributed by atoms with Crippen molar-refractivity contribution in [1.82, 2.24) is 9.97 Å². The molecular weight excluding hydrogens is 412 g/mol. The summed E-state index contributed by atoms with van der Waals surface area (Å²) in [7, 11) is 0. The molecule has 5 heteroatoms. The number of rotatable bonds is 8. The molecule has 172 valence electrons. The van der Waals surface area contributed by atoms with Gasteiger partial charge in [0.15, 0.2) is 5.82 Å². The highest BCUT2D eigenvalue weighted by Gasteiger charge is 2.22. The molecule has 1 heterocycles. The van der Waals surface area contributed by atoms with Crippen LogP contribution in [0.4, 0.5) is 0 Å². The predicted octanol–water partition coefficient (Wildman–Crippen LogP) is 6.84. The van der Waals surface area contributed by atoms with E-state index in [-0.39, 0.29) is 0 Å². The molecule has 0 amide bonds.